The Balaban J connectivity index is 1.03. The lowest BCUT2D eigenvalue weighted by Gasteiger charge is -2.36. The first kappa shape index (κ1) is 37.5. The van der Waals surface area contributed by atoms with Crippen LogP contribution in [-0.4, -0.2) is 74.1 Å². The maximum absolute atomic E-state index is 13.9. The summed E-state index contributed by atoms with van der Waals surface area (Å²) in [6.45, 7) is 2.73. The summed E-state index contributed by atoms with van der Waals surface area (Å²) in [7, 11) is -2.56. The first-order valence-corrected chi connectivity index (χ1v) is 20.7. The van der Waals surface area contributed by atoms with E-state index in [9.17, 15) is 27.6 Å². The molecule has 0 spiro atoms. The zero-order valence-corrected chi connectivity index (χ0v) is 32.1. The second-order valence-corrected chi connectivity index (χ2v) is 17.3. The summed E-state index contributed by atoms with van der Waals surface area (Å²) in [5.74, 6) is -1.13. The number of thiophene rings is 1. The number of hydrogen-bond donors (Lipinski definition) is 2. The second kappa shape index (κ2) is 15.9. The quantitative estimate of drug-likeness (QED) is 0.180. The summed E-state index contributed by atoms with van der Waals surface area (Å²) >= 11 is 1.40. The standard InChI is InChI=1S/C41H44N4O7S2/c1-26(46)45-22-6-8-31-24-44(25-35(31)45)54(50,51)33-9-5-7-30(23-33)38(47)43-40-37(34-10-3-4-11-36(34)53-40)39(48)42-32-20-16-28(17-21-32)13-12-27-14-18-29(19-15-27)41(49)52-2/h5,7,9,14-21,23,31,35H,3-4,6,8,10-13,22,24-25H2,1-2H3,(H,42,48)(H,43,47). The summed E-state index contributed by atoms with van der Waals surface area (Å²) in [6.07, 6.45) is 6.78. The average molecular weight is 769 g/mol. The molecule has 3 aliphatic rings. The van der Waals surface area contributed by atoms with E-state index in [2.05, 4.69) is 10.6 Å². The number of piperidine rings is 1. The van der Waals surface area contributed by atoms with Gasteiger partial charge in [0.1, 0.15) is 5.00 Å². The van der Waals surface area contributed by atoms with Crippen molar-refractivity contribution in [3.8, 4) is 0 Å². The number of sulfonamides is 1. The minimum absolute atomic E-state index is 0.0199. The van der Waals surface area contributed by atoms with E-state index in [4.69, 9.17) is 4.74 Å². The highest BCUT2D eigenvalue weighted by atomic mass is 32.2. The molecule has 13 heteroatoms. The van der Waals surface area contributed by atoms with Crippen LogP contribution >= 0.6 is 11.3 Å². The van der Waals surface area contributed by atoms with Crippen LogP contribution in [0, 0.1) is 5.92 Å². The number of anilines is 2. The maximum Gasteiger partial charge on any atom is 0.337 e. The molecule has 0 radical (unpaired) electrons. The van der Waals surface area contributed by atoms with Crippen molar-refractivity contribution in [3.05, 3.63) is 111 Å². The zero-order chi connectivity index (χ0) is 38.0. The molecule has 1 aromatic heterocycles. The number of amides is 3. The molecule has 2 saturated heterocycles. The lowest BCUT2D eigenvalue weighted by molar-refractivity contribution is -0.133. The molecular formula is C41H44N4O7S2. The van der Waals surface area contributed by atoms with Crippen LogP contribution in [0.25, 0.3) is 0 Å². The SMILES string of the molecule is COC(=O)c1ccc(CCc2ccc(NC(=O)c3c(NC(=O)c4cccc(S(=O)(=O)N5CC6CCCN(C(C)=O)C6C5)c4)sc4c3CCCC4)cc2)cc1. The lowest BCUT2D eigenvalue weighted by Crippen LogP contribution is -2.47. The Bertz CT molecular complexity index is 2180. The molecule has 1 aliphatic carbocycles. The second-order valence-electron chi connectivity index (χ2n) is 14.2. The van der Waals surface area contributed by atoms with Crippen LogP contribution in [0.3, 0.4) is 0 Å². The van der Waals surface area contributed by atoms with Crippen molar-refractivity contribution in [2.75, 3.05) is 37.4 Å². The van der Waals surface area contributed by atoms with Crippen molar-refractivity contribution in [3.63, 3.8) is 0 Å². The fourth-order valence-corrected chi connectivity index (χ4v) is 10.8. The van der Waals surface area contributed by atoms with E-state index in [-0.39, 0.29) is 46.7 Å². The summed E-state index contributed by atoms with van der Waals surface area (Å²) < 4.78 is 33.9. The van der Waals surface area contributed by atoms with Gasteiger partial charge < -0.3 is 20.3 Å². The number of esters is 1. The number of methoxy groups -OCH3 is 1. The molecule has 282 valence electrons. The minimum atomic E-state index is -3.92. The average Bonchev–Trinajstić information content (AvgIpc) is 3.80. The third-order valence-corrected chi connectivity index (χ3v) is 13.8. The highest BCUT2D eigenvalue weighted by Gasteiger charge is 2.44. The summed E-state index contributed by atoms with van der Waals surface area (Å²) in [5, 5.41) is 6.42. The van der Waals surface area contributed by atoms with Gasteiger partial charge in [-0.2, -0.15) is 4.31 Å². The van der Waals surface area contributed by atoms with Crippen LogP contribution in [0.4, 0.5) is 10.7 Å². The van der Waals surface area contributed by atoms with E-state index in [0.29, 0.717) is 34.9 Å². The van der Waals surface area contributed by atoms with Crippen LogP contribution in [0.5, 0.6) is 0 Å². The summed E-state index contributed by atoms with van der Waals surface area (Å²) in [5.41, 5.74) is 4.89. The van der Waals surface area contributed by atoms with E-state index in [1.807, 2.05) is 36.4 Å². The molecule has 2 N–H and O–H groups in total. The minimum Gasteiger partial charge on any atom is -0.465 e. The van der Waals surface area contributed by atoms with Crippen molar-refractivity contribution >= 4 is 55.7 Å². The third-order valence-electron chi connectivity index (χ3n) is 10.8. The molecule has 54 heavy (non-hydrogen) atoms. The van der Waals surface area contributed by atoms with Gasteiger partial charge in [-0.05, 0) is 116 Å². The maximum atomic E-state index is 13.9. The van der Waals surface area contributed by atoms with Gasteiger partial charge in [-0.25, -0.2) is 13.2 Å². The lowest BCUT2D eigenvalue weighted by atomic mass is 9.92. The highest BCUT2D eigenvalue weighted by molar-refractivity contribution is 7.89. The molecule has 7 rings (SSSR count). The predicted molar refractivity (Wildman–Crippen MR) is 208 cm³/mol. The zero-order valence-electron chi connectivity index (χ0n) is 30.4. The van der Waals surface area contributed by atoms with Gasteiger partial charge in [0.25, 0.3) is 11.8 Å². The molecule has 0 bridgehead atoms. The number of rotatable bonds is 10. The van der Waals surface area contributed by atoms with E-state index in [1.54, 1.807) is 29.2 Å². The number of hydrogen-bond acceptors (Lipinski definition) is 8. The Labute approximate surface area is 319 Å². The van der Waals surface area contributed by atoms with Crippen LogP contribution in [-0.2, 0) is 45.2 Å². The molecule has 2 aliphatic heterocycles. The van der Waals surface area contributed by atoms with Gasteiger partial charge in [-0.15, -0.1) is 11.3 Å². The number of likely N-dealkylation sites (tertiary alicyclic amines) is 1. The number of ether oxygens (including phenoxy) is 1. The number of nitrogens with one attached hydrogen (secondary N) is 2. The number of benzene rings is 3. The van der Waals surface area contributed by atoms with Gasteiger partial charge in [0.15, 0.2) is 0 Å². The van der Waals surface area contributed by atoms with E-state index < -0.39 is 15.9 Å². The molecule has 3 amide bonds. The Kier molecular flexibility index (Phi) is 11.0. The topological polar surface area (TPSA) is 142 Å². The normalized spacial score (nSPS) is 18.4. The van der Waals surface area contributed by atoms with Crippen LogP contribution in [0.2, 0.25) is 0 Å². The van der Waals surface area contributed by atoms with E-state index in [1.165, 1.54) is 41.8 Å². The fourth-order valence-electron chi connectivity index (χ4n) is 7.91. The molecule has 2 fully saturated rings. The number of carbonyl (C=O) groups is 4. The van der Waals surface area contributed by atoms with Gasteiger partial charge in [0, 0.05) is 48.7 Å². The van der Waals surface area contributed by atoms with Crippen LogP contribution in [0.15, 0.2) is 77.7 Å². The first-order valence-electron chi connectivity index (χ1n) is 18.4. The van der Waals surface area contributed by atoms with Crippen molar-refractivity contribution in [1.82, 2.24) is 9.21 Å². The molecule has 3 heterocycles. The van der Waals surface area contributed by atoms with Crippen LogP contribution in [0.1, 0.15) is 85.2 Å². The van der Waals surface area contributed by atoms with Crippen LogP contribution < -0.4 is 10.6 Å². The Morgan fingerprint density at radius 1 is 0.833 bits per heavy atom. The number of carbonyl (C=O) groups excluding carboxylic acids is 4. The molecule has 11 nitrogen and oxygen atoms in total. The van der Waals surface area contributed by atoms with E-state index >= 15 is 0 Å². The number of aryl methyl sites for hydroxylation is 3. The monoisotopic (exact) mass is 768 g/mol. The van der Waals surface area contributed by atoms with Crippen molar-refractivity contribution < 1.29 is 32.3 Å². The number of fused-ring (bicyclic) bond motifs is 2. The number of nitrogens with zero attached hydrogens (tertiary/aromatic N) is 2. The molecular weight excluding hydrogens is 725 g/mol. The van der Waals surface area contributed by atoms with Gasteiger partial charge in [-0.3, -0.25) is 14.4 Å². The molecule has 4 aromatic rings. The smallest absolute Gasteiger partial charge is 0.337 e. The van der Waals surface area contributed by atoms with Gasteiger partial charge in [0.2, 0.25) is 15.9 Å². The van der Waals surface area contributed by atoms with Gasteiger partial charge >= 0.3 is 5.97 Å². The van der Waals surface area contributed by atoms with Crippen molar-refractivity contribution in [2.24, 2.45) is 5.92 Å². The predicted octanol–water partition coefficient (Wildman–Crippen LogP) is 6.33. The fraction of sp³-hybridized carbons (Fsp3) is 0.366. The molecule has 2 atom stereocenters. The van der Waals surface area contributed by atoms with Crippen molar-refractivity contribution in [1.29, 1.82) is 0 Å². The highest BCUT2D eigenvalue weighted by Crippen LogP contribution is 2.39. The van der Waals surface area contributed by atoms with Crippen molar-refractivity contribution in [2.45, 2.75) is 69.2 Å². The summed E-state index contributed by atoms with van der Waals surface area (Å²) in [6, 6.07) is 20.9. The first-order chi connectivity index (χ1) is 26.0. The largest absolute Gasteiger partial charge is 0.465 e. The Morgan fingerprint density at radius 2 is 1.54 bits per heavy atom. The molecule has 2 unspecified atom stereocenters. The Morgan fingerprint density at radius 3 is 2.24 bits per heavy atom. The molecule has 0 saturated carbocycles. The van der Waals surface area contributed by atoms with Gasteiger partial charge in [-0.1, -0.05) is 30.3 Å². The molecule has 3 aromatic carbocycles. The third kappa shape index (κ3) is 7.84. The summed E-state index contributed by atoms with van der Waals surface area (Å²) in [4.78, 5) is 54.5. The van der Waals surface area contributed by atoms with Gasteiger partial charge in [0.05, 0.1) is 23.1 Å². The Hall–Kier alpha value is -4.85. The van der Waals surface area contributed by atoms with E-state index in [0.717, 1.165) is 72.9 Å².